The van der Waals surface area contributed by atoms with Gasteiger partial charge >= 0.3 is 0 Å². The molecule has 4 aliphatic rings. The Kier molecular flexibility index (Phi) is 6.00. The number of carbonyl (C=O) groups is 1. The van der Waals surface area contributed by atoms with Crippen LogP contribution in [-0.2, 0) is 4.79 Å². The monoisotopic (exact) mass is 479 g/mol. The fourth-order valence-corrected chi connectivity index (χ4v) is 7.30. The van der Waals surface area contributed by atoms with Crippen molar-refractivity contribution in [1.82, 2.24) is 24.8 Å². The Hall–Kier alpha value is -2.19. The largest absolute Gasteiger partial charge is 0.355 e. The molecule has 6 rings (SSSR count). The van der Waals surface area contributed by atoms with Crippen molar-refractivity contribution in [1.29, 1.82) is 0 Å². The minimum Gasteiger partial charge on any atom is -0.355 e. The molecule has 3 aliphatic heterocycles. The van der Waals surface area contributed by atoms with Crippen LogP contribution in [0.15, 0.2) is 12.3 Å². The van der Waals surface area contributed by atoms with Crippen LogP contribution in [0.25, 0.3) is 5.65 Å². The number of nitrogens with one attached hydrogen (secondary N) is 1. The molecule has 1 amide bonds. The number of nitrogens with zero attached hydrogens (tertiary/aromatic N) is 5. The molecular formula is C27H41N7O. The van der Waals surface area contributed by atoms with Crippen molar-refractivity contribution in [2.75, 3.05) is 24.5 Å². The topological polar surface area (TPSA) is 91.8 Å². The van der Waals surface area contributed by atoms with Crippen molar-refractivity contribution >= 4 is 17.4 Å². The molecule has 3 N–H and O–H groups in total. The third-order valence-electron chi connectivity index (χ3n) is 9.47. The van der Waals surface area contributed by atoms with Crippen LogP contribution >= 0.6 is 0 Å². The van der Waals surface area contributed by atoms with Crippen molar-refractivity contribution in [3.8, 4) is 0 Å². The first kappa shape index (κ1) is 23.2. The molecule has 0 spiro atoms. The van der Waals surface area contributed by atoms with E-state index in [4.69, 9.17) is 15.8 Å². The lowest BCUT2D eigenvalue weighted by Gasteiger charge is -2.40. The zero-order chi connectivity index (χ0) is 24.3. The van der Waals surface area contributed by atoms with E-state index in [9.17, 15) is 4.79 Å². The van der Waals surface area contributed by atoms with E-state index < -0.39 is 0 Å². The lowest BCUT2D eigenvalue weighted by Crippen LogP contribution is -2.45. The third-order valence-corrected chi connectivity index (χ3v) is 9.47. The van der Waals surface area contributed by atoms with E-state index in [1.54, 1.807) is 0 Å². The maximum Gasteiger partial charge on any atom is 0.226 e. The van der Waals surface area contributed by atoms with Gasteiger partial charge in [-0.3, -0.25) is 4.79 Å². The van der Waals surface area contributed by atoms with Crippen LogP contribution < -0.4 is 16.0 Å². The van der Waals surface area contributed by atoms with E-state index in [0.29, 0.717) is 29.8 Å². The molecule has 7 atom stereocenters. The van der Waals surface area contributed by atoms with Gasteiger partial charge < -0.3 is 20.9 Å². The van der Waals surface area contributed by atoms with Gasteiger partial charge in [0, 0.05) is 61.5 Å². The van der Waals surface area contributed by atoms with E-state index in [0.717, 1.165) is 87.3 Å². The molecule has 3 saturated heterocycles. The molecular weight excluding hydrogens is 438 g/mol. The van der Waals surface area contributed by atoms with Crippen LogP contribution in [0, 0.1) is 24.7 Å². The van der Waals surface area contributed by atoms with Gasteiger partial charge in [0.2, 0.25) is 5.91 Å². The molecule has 35 heavy (non-hydrogen) atoms. The van der Waals surface area contributed by atoms with Gasteiger partial charge in [0.05, 0.1) is 11.7 Å². The van der Waals surface area contributed by atoms with E-state index in [2.05, 4.69) is 48.2 Å². The number of fused-ring (bicyclic) bond motifs is 2. The molecule has 0 radical (unpaired) electrons. The number of aromatic nitrogens is 3. The molecule has 0 aromatic carbocycles. The van der Waals surface area contributed by atoms with E-state index in [1.165, 1.54) is 0 Å². The Balaban J connectivity index is 1.24. The van der Waals surface area contributed by atoms with Gasteiger partial charge in [-0.1, -0.05) is 6.92 Å². The lowest BCUT2D eigenvalue weighted by molar-refractivity contribution is -0.141. The Morgan fingerprint density at radius 1 is 1.14 bits per heavy atom. The minimum atomic E-state index is 0.0534. The number of aryl methyl sites for hydroxylation is 1. The van der Waals surface area contributed by atoms with Crippen molar-refractivity contribution in [3.63, 3.8) is 0 Å². The zero-order valence-corrected chi connectivity index (χ0v) is 21.5. The second-order valence-corrected chi connectivity index (χ2v) is 11.8. The van der Waals surface area contributed by atoms with Crippen LogP contribution in [0.3, 0.4) is 0 Å². The molecule has 2 aromatic heterocycles. The standard InChI is InChI=1S/C27H41N7O/c1-16-14-34-25(30-26(16)32-11-9-20(28)15-32)13-23(31-34)24-6-4-5-10-33(24)27(35)19-7-8-22-21(12-19)17(2)18(3)29-22/h13-14,17-22,24,29H,4-12,15,28H2,1-3H3/t17?,18?,19?,20-,21?,22?,24-/m0/s1. The van der Waals surface area contributed by atoms with Crippen LogP contribution in [0.2, 0.25) is 0 Å². The molecule has 5 unspecified atom stereocenters. The first-order valence-corrected chi connectivity index (χ1v) is 13.8. The number of hydrogen-bond donors (Lipinski definition) is 2. The summed E-state index contributed by atoms with van der Waals surface area (Å²) in [6, 6.07) is 3.52. The Bertz CT molecular complexity index is 1100. The van der Waals surface area contributed by atoms with Gasteiger partial charge in [-0.25, -0.2) is 9.50 Å². The predicted octanol–water partition coefficient (Wildman–Crippen LogP) is 3.04. The number of likely N-dealkylation sites (tertiary alicyclic amines) is 1. The summed E-state index contributed by atoms with van der Waals surface area (Å²) in [6.07, 6.45) is 9.44. The predicted molar refractivity (Wildman–Crippen MR) is 137 cm³/mol. The van der Waals surface area contributed by atoms with Gasteiger partial charge in [0.1, 0.15) is 5.82 Å². The van der Waals surface area contributed by atoms with Crippen molar-refractivity contribution in [3.05, 3.63) is 23.5 Å². The molecule has 4 fully saturated rings. The molecule has 5 heterocycles. The number of amides is 1. The highest BCUT2D eigenvalue weighted by atomic mass is 16.2. The normalized spacial score (nSPS) is 35.6. The van der Waals surface area contributed by atoms with Gasteiger partial charge in [-0.2, -0.15) is 5.10 Å². The SMILES string of the molecule is Cc1cn2nc([C@@H]3CCCCN3C(=O)C3CCC4NC(C)C(C)C4C3)cc2nc1N1CC[C@H](N)C1. The summed E-state index contributed by atoms with van der Waals surface area (Å²) in [7, 11) is 0. The summed E-state index contributed by atoms with van der Waals surface area (Å²) < 4.78 is 1.90. The first-order valence-electron chi connectivity index (χ1n) is 13.8. The average molecular weight is 480 g/mol. The van der Waals surface area contributed by atoms with Gasteiger partial charge in [0.15, 0.2) is 5.65 Å². The number of nitrogens with two attached hydrogens (primary N) is 1. The Morgan fingerprint density at radius 2 is 2.00 bits per heavy atom. The second kappa shape index (κ2) is 9.04. The summed E-state index contributed by atoms with van der Waals surface area (Å²) in [5.74, 6) is 2.77. The second-order valence-electron chi connectivity index (χ2n) is 11.8. The number of rotatable bonds is 3. The Labute approximate surface area is 208 Å². The maximum atomic E-state index is 13.9. The maximum absolute atomic E-state index is 13.9. The molecule has 2 aromatic rings. The molecule has 190 valence electrons. The van der Waals surface area contributed by atoms with E-state index >= 15 is 0 Å². The average Bonchev–Trinajstić information content (AvgIpc) is 3.55. The van der Waals surface area contributed by atoms with Crippen LogP contribution in [0.1, 0.15) is 76.1 Å². The number of piperidine rings is 1. The van der Waals surface area contributed by atoms with Crippen LogP contribution in [0.5, 0.6) is 0 Å². The molecule has 8 heteroatoms. The van der Waals surface area contributed by atoms with Crippen molar-refractivity contribution in [2.24, 2.45) is 23.5 Å². The van der Waals surface area contributed by atoms with Gasteiger partial charge in [-0.15, -0.1) is 0 Å². The quantitative estimate of drug-likeness (QED) is 0.703. The Morgan fingerprint density at radius 3 is 2.80 bits per heavy atom. The van der Waals surface area contributed by atoms with Crippen molar-refractivity contribution in [2.45, 2.75) is 89.9 Å². The highest BCUT2D eigenvalue weighted by Gasteiger charge is 2.45. The molecule has 0 bridgehead atoms. The van der Waals surface area contributed by atoms with Crippen molar-refractivity contribution < 1.29 is 4.79 Å². The minimum absolute atomic E-state index is 0.0534. The fraction of sp³-hybridized carbons (Fsp3) is 0.741. The zero-order valence-electron chi connectivity index (χ0n) is 21.5. The number of anilines is 1. The number of carbonyl (C=O) groups excluding carboxylic acids is 1. The summed E-state index contributed by atoms with van der Waals surface area (Å²) in [6.45, 7) is 9.39. The van der Waals surface area contributed by atoms with Crippen LogP contribution in [0.4, 0.5) is 5.82 Å². The van der Waals surface area contributed by atoms with E-state index in [-0.39, 0.29) is 18.0 Å². The summed E-state index contributed by atoms with van der Waals surface area (Å²) >= 11 is 0. The number of hydrogen-bond acceptors (Lipinski definition) is 6. The molecule has 1 saturated carbocycles. The summed E-state index contributed by atoms with van der Waals surface area (Å²) in [4.78, 5) is 23.3. The third kappa shape index (κ3) is 4.12. The molecule has 8 nitrogen and oxygen atoms in total. The van der Waals surface area contributed by atoms with Gasteiger partial charge in [-0.05, 0) is 70.6 Å². The van der Waals surface area contributed by atoms with E-state index in [1.807, 2.05) is 4.52 Å². The smallest absolute Gasteiger partial charge is 0.226 e. The fourth-order valence-electron chi connectivity index (χ4n) is 7.30. The highest BCUT2D eigenvalue weighted by molar-refractivity contribution is 5.79. The summed E-state index contributed by atoms with van der Waals surface area (Å²) in [5.41, 5.74) is 9.11. The molecule has 1 aliphatic carbocycles. The van der Waals surface area contributed by atoms with Gasteiger partial charge in [0.25, 0.3) is 0 Å². The summed E-state index contributed by atoms with van der Waals surface area (Å²) in [5, 5.41) is 8.71. The lowest BCUT2D eigenvalue weighted by atomic mass is 9.73. The van der Waals surface area contributed by atoms with Crippen LogP contribution in [-0.4, -0.2) is 63.2 Å². The highest BCUT2D eigenvalue weighted by Crippen LogP contribution is 2.42. The first-order chi connectivity index (χ1) is 16.9.